The van der Waals surface area contributed by atoms with Crippen LogP contribution >= 0.6 is 27.5 Å². The van der Waals surface area contributed by atoms with Crippen LogP contribution in [-0.4, -0.2) is 40.5 Å². The fourth-order valence-electron chi connectivity index (χ4n) is 1.90. The van der Waals surface area contributed by atoms with Gasteiger partial charge in [-0.1, -0.05) is 33.6 Å². The molecule has 0 aliphatic rings. The smallest absolute Gasteiger partial charge is 0.0637 e. The van der Waals surface area contributed by atoms with Gasteiger partial charge in [0.2, 0.25) is 0 Å². The van der Waals surface area contributed by atoms with Crippen LogP contribution in [0, 0.1) is 0 Å². The van der Waals surface area contributed by atoms with Crippen LogP contribution in [0.5, 0.6) is 0 Å². The Kier molecular flexibility index (Phi) is 8.46. The molecule has 19 heavy (non-hydrogen) atoms. The SMILES string of the molecule is COCCCN(CCOC)c1cc(Cl)ccc1CBr. The van der Waals surface area contributed by atoms with Gasteiger partial charge in [-0.2, -0.15) is 0 Å². The first-order valence-corrected chi connectivity index (χ1v) is 7.80. The quantitative estimate of drug-likeness (QED) is 0.500. The molecule has 3 nitrogen and oxygen atoms in total. The summed E-state index contributed by atoms with van der Waals surface area (Å²) >= 11 is 9.64. The summed E-state index contributed by atoms with van der Waals surface area (Å²) < 4.78 is 10.3. The van der Waals surface area contributed by atoms with Crippen molar-refractivity contribution in [3.63, 3.8) is 0 Å². The molecule has 0 unspecified atom stereocenters. The van der Waals surface area contributed by atoms with E-state index in [9.17, 15) is 0 Å². The van der Waals surface area contributed by atoms with E-state index in [1.54, 1.807) is 14.2 Å². The summed E-state index contributed by atoms with van der Waals surface area (Å²) in [5, 5.41) is 1.57. The number of hydrogen-bond donors (Lipinski definition) is 0. The van der Waals surface area contributed by atoms with Crippen molar-refractivity contribution in [1.29, 1.82) is 0 Å². The summed E-state index contributed by atoms with van der Waals surface area (Å²) in [4.78, 5) is 2.30. The molecule has 0 spiro atoms. The monoisotopic (exact) mass is 349 g/mol. The topological polar surface area (TPSA) is 21.7 Å². The Morgan fingerprint density at radius 3 is 2.53 bits per heavy atom. The van der Waals surface area contributed by atoms with Crippen LogP contribution in [0.4, 0.5) is 5.69 Å². The molecule has 0 amide bonds. The average Bonchev–Trinajstić information content (AvgIpc) is 2.42. The lowest BCUT2D eigenvalue weighted by Gasteiger charge is -2.27. The summed E-state index contributed by atoms with van der Waals surface area (Å²) in [5.41, 5.74) is 2.40. The predicted molar refractivity (Wildman–Crippen MR) is 84.7 cm³/mol. The number of ether oxygens (including phenoxy) is 2. The van der Waals surface area contributed by atoms with Crippen molar-refractivity contribution < 1.29 is 9.47 Å². The zero-order valence-corrected chi connectivity index (χ0v) is 13.8. The van der Waals surface area contributed by atoms with E-state index in [0.29, 0.717) is 6.61 Å². The lowest BCUT2D eigenvalue weighted by molar-refractivity contribution is 0.191. The number of alkyl halides is 1. The number of benzene rings is 1. The van der Waals surface area contributed by atoms with Crippen molar-refractivity contribution in [1.82, 2.24) is 0 Å². The molecule has 1 aromatic rings. The van der Waals surface area contributed by atoms with Crippen molar-refractivity contribution in [2.45, 2.75) is 11.8 Å². The third-order valence-electron chi connectivity index (χ3n) is 2.87. The van der Waals surface area contributed by atoms with Gasteiger partial charge in [-0.15, -0.1) is 0 Å². The first-order valence-electron chi connectivity index (χ1n) is 6.30. The van der Waals surface area contributed by atoms with Crippen LogP contribution in [0.1, 0.15) is 12.0 Å². The summed E-state index contributed by atoms with van der Waals surface area (Å²) in [5.74, 6) is 0. The van der Waals surface area contributed by atoms with E-state index in [4.69, 9.17) is 21.1 Å². The highest BCUT2D eigenvalue weighted by atomic mass is 79.9. The summed E-state index contributed by atoms with van der Waals surface area (Å²) in [6, 6.07) is 5.99. The van der Waals surface area contributed by atoms with Gasteiger partial charge in [-0.05, 0) is 24.1 Å². The normalized spacial score (nSPS) is 10.7. The van der Waals surface area contributed by atoms with Crippen LogP contribution in [0.25, 0.3) is 0 Å². The molecule has 0 fully saturated rings. The Morgan fingerprint density at radius 2 is 1.89 bits per heavy atom. The molecule has 0 aliphatic carbocycles. The second kappa shape index (κ2) is 9.59. The predicted octanol–water partition coefficient (Wildman–Crippen LogP) is 3.72. The summed E-state index contributed by atoms with van der Waals surface area (Å²) in [7, 11) is 3.44. The van der Waals surface area contributed by atoms with Crippen LogP contribution in [-0.2, 0) is 14.8 Å². The van der Waals surface area contributed by atoms with Crippen LogP contribution in [0.3, 0.4) is 0 Å². The van der Waals surface area contributed by atoms with Crippen LogP contribution < -0.4 is 4.90 Å². The number of hydrogen-bond acceptors (Lipinski definition) is 3. The average molecular weight is 351 g/mol. The van der Waals surface area contributed by atoms with Crippen molar-refractivity contribution >= 4 is 33.2 Å². The lowest BCUT2D eigenvalue weighted by Crippen LogP contribution is -2.29. The molecule has 0 atom stereocenters. The lowest BCUT2D eigenvalue weighted by atomic mass is 10.1. The van der Waals surface area contributed by atoms with E-state index in [2.05, 4.69) is 26.9 Å². The van der Waals surface area contributed by atoms with E-state index >= 15 is 0 Å². The van der Waals surface area contributed by atoms with Gasteiger partial charge in [0.05, 0.1) is 6.61 Å². The minimum atomic E-state index is 0.696. The molecule has 5 heteroatoms. The van der Waals surface area contributed by atoms with Gasteiger partial charge in [0, 0.05) is 50.0 Å². The Balaban J connectivity index is 2.84. The Bertz CT molecular complexity index is 376. The second-order valence-electron chi connectivity index (χ2n) is 4.23. The van der Waals surface area contributed by atoms with Gasteiger partial charge in [0.15, 0.2) is 0 Å². The third-order valence-corrected chi connectivity index (χ3v) is 3.71. The number of anilines is 1. The van der Waals surface area contributed by atoms with Crippen molar-refractivity contribution in [2.75, 3.05) is 45.4 Å². The van der Waals surface area contributed by atoms with Crippen molar-refractivity contribution in [3.05, 3.63) is 28.8 Å². The van der Waals surface area contributed by atoms with E-state index < -0.39 is 0 Å². The van der Waals surface area contributed by atoms with E-state index in [-0.39, 0.29) is 0 Å². The maximum Gasteiger partial charge on any atom is 0.0637 e. The maximum atomic E-state index is 6.12. The molecular weight excluding hydrogens is 330 g/mol. The van der Waals surface area contributed by atoms with Crippen LogP contribution in [0.15, 0.2) is 18.2 Å². The van der Waals surface area contributed by atoms with E-state index in [0.717, 1.165) is 42.2 Å². The minimum Gasteiger partial charge on any atom is -0.385 e. The molecule has 1 rings (SSSR count). The minimum absolute atomic E-state index is 0.696. The van der Waals surface area contributed by atoms with Gasteiger partial charge in [0.1, 0.15) is 0 Å². The molecule has 0 saturated heterocycles. The molecule has 0 aromatic heterocycles. The van der Waals surface area contributed by atoms with Gasteiger partial charge in [-0.25, -0.2) is 0 Å². The summed E-state index contributed by atoms with van der Waals surface area (Å²) in [6.07, 6.45) is 0.981. The molecule has 0 heterocycles. The van der Waals surface area contributed by atoms with Gasteiger partial charge in [0.25, 0.3) is 0 Å². The molecule has 0 aliphatic heterocycles. The number of halogens is 2. The third kappa shape index (κ3) is 5.69. The molecule has 1 aromatic carbocycles. The number of nitrogens with zero attached hydrogens (tertiary/aromatic N) is 1. The first kappa shape index (κ1) is 16.8. The fourth-order valence-corrected chi connectivity index (χ4v) is 2.54. The molecule has 108 valence electrons. The maximum absolute atomic E-state index is 6.12. The van der Waals surface area contributed by atoms with Crippen molar-refractivity contribution in [3.8, 4) is 0 Å². The second-order valence-corrected chi connectivity index (χ2v) is 5.23. The van der Waals surface area contributed by atoms with Gasteiger partial charge < -0.3 is 14.4 Å². The molecular formula is C14H21BrClNO2. The molecule has 0 saturated carbocycles. The summed E-state index contributed by atoms with van der Waals surface area (Å²) in [6.45, 7) is 3.23. The Labute approximate surface area is 129 Å². The largest absolute Gasteiger partial charge is 0.385 e. The van der Waals surface area contributed by atoms with Crippen LogP contribution in [0.2, 0.25) is 5.02 Å². The Morgan fingerprint density at radius 1 is 1.16 bits per heavy atom. The first-order chi connectivity index (χ1) is 9.22. The number of rotatable bonds is 9. The highest BCUT2D eigenvalue weighted by Gasteiger charge is 2.11. The highest BCUT2D eigenvalue weighted by Crippen LogP contribution is 2.27. The van der Waals surface area contributed by atoms with E-state index in [1.807, 2.05) is 12.1 Å². The fraction of sp³-hybridized carbons (Fsp3) is 0.571. The van der Waals surface area contributed by atoms with Gasteiger partial charge in [-0.3, -0.25) is 0 Å². The van der Waals surface area contributed by atoms with E-state index in [1.165, 1.54) is 5.56 Å². The Hall–Kier alpha value is -0.290. The molecule has 0 bridgehead atoms. The number of methoxy groups -OCH3 is 2. The van der Waals surface area contributed by atoms with Crippen molar-refractivity contribution in [2.24, 2.45) is 0 Å². The highest BCUT2D eigenvalue weighted by molar-refractivity contribution is 9.08. The zero-order valence-electron chi connectivity index (χ0n) is 11.5. The van der Waals surface area contributed by atoms with Gasteiger partial charge >= 0.3 is 0 Å². The zero-order chi connectivity index (χ0) is 14.1. The standard InChI is InChI=1S/C14H21BrClNO2/c1-18-8-3-6-17(7-9-19-2)14-10-13(16)5-4-12(14)11-15/h4-5,10H,3,6-9,11H2,1-2H3. The molecule has 0 N–H and O–H groups in total. The molecule has 0 radical (unpaired) electrons.